The molecule has 1 aromatic carbocycles. The lowest BCUT2D eigenvalue weighted by atomic mass is 10.3. The maximum atomic E-state index is 11.5. The van der Waals surface area contributed by atoms with Gasteiger partial charge in [0.2, 0.25) is 0 Å². The van der Waals surface area contributed by atoms with Gasteiger partial charge in [-0.15, -0.1) is 0 Å². The van der Waals surface area contributed by atoms with Crippen molar-refractivity contribution < 1.29 is 19.4 Å². The number of amides is 2. The quantitative estimate of drug-likeness (QED) is 0.782. The number of hydrogen-bond donors (Lipinski definition) is 3. The molecule has 0 spiro atoms. The Morgan fingerprint density at radius 1 is 1.44 bits per heavy atom. The van der Waals surface area contributed by atoms with Crippen molar-refractivity contribution in [2.45, 2.75) is 13.0 Å². The number of carbonyl (C=O) groups excluding carboxylic acids is 1. The van der Waals surface area contributed by atoms with Gasteiger partial charge in [-0.1, -0.05) is 11.6 Å². The predicted octanol–water partition coefficient (Wildman–Crippen LogP) is 1.94. The number of urea groups is 1. The number of rotatable bonds is 4. The summed E-state index contributed by atoms with van der Waals surface area (Å²) in [4.78, 5) is 22.1. The summed E-state index contributed by atoms with van der Waals surface area (Å²) in [5.41, 5.74) is 0.361. The Kier molecular flexibility index (Phi) is 4.79. The Balaban J connectivity index is 2.75. The maximum Gasteiger partial charge on any atom is 0.325 e. The summed E-state index contributed by atoms with van der Waals surface area (Å²) in [6, 6.07) is 3.08. The molecule has 6 nitrogen and oxygen atoms in total. The van der Waals surface area contributed by atoms with Gasteiger partial charge in [0.05, 0.1) is 12.8 Å². The van der Waals surface area contributed by atoms with Gasteiger partial charge in [0.1, 0.15) is 11.8 Å². The Morgan fingerprint density at radius 3 is 2.67 bits per heavy atom. The van der Waals surface area contributed by atoms with Gasteiger partial charge in [-0.3, -0.25) is 4.79 Å². The molecule has 0 saturated heterocycles. The molecule has 0 bridgehead atoms. The zero-order valence-electron chi connectivity index (χ0n) is 9.86. The summed E-state index contributed by atoms with van der Waals surface area (Å²) in [7, 11) is 1.45. The topological polar surface area (TPSA) is 87.7 Å². The van der Waals surface area contributed by atoms with E-state index in [1.807, 2.05) is 0 Å². The van der Waals surface area contributed by atoms with Crippen LogP contribution in [0.2, 0.25) is 5.02 Å². The van der Waals surface area contributed by atoms with Gasteiger partial charge in [-0.25, -0.2) is 4.79 Å². The fourth-order valence-corrected chi connectivity index (χ4v) is 1.37. The molecular formula is C11H13ClN2O4. The van der Waals surface area contributed by atoms with E-state index in [0.29, 0.717) is 16.5 Å². The van der Waals surface area contributed by atoms with Gasteiger partial charge < -0.3 is 20.5 Å². The third-order valence-corrected chi connectivity index (χ3v) is 2.36. The molecule has 0 heterocycles. The van der Waals surface area contributed by atoms with Crippen LogP contribution in [0.3, 0.4) is 0 Å². The summed E-state index contributed by atoms with van der Waals surface area (Å²) in [6.07, 6.45) is 0. The van der Waals surface area contributed by atoms with E-state index in [0.717, 1.165) is 0 Å². The number of nitrogens with one attached hydrogen (secondary N) is 2. The normalized spacial score (nSPS) is 11.5. The average Bonchev–Trinajstić information content (AvgIpc) is 2.28. The first-order valence-corrected chi connectivity index (χ1v) is 5.45. The van der Waals surface area contributed by atoms with Crippen LogP contribution in [0.15, 0.2) is 18.2 Å². The second-order valence-corrected chi connectivity index (χ2v) is 3.94. The molecule has 1 atom stereocenters. The molecule has 0 aliphatic carbocycles. The Bertz CT molecular complexity index is 464. The van der Waals surface area contributed by atoms with E-state index >= 15 is 0 Å². The minimum atomic E-state index is -1.12. The minimum absolute atomic E-state index is 0.361. The van der Waals surface area contributed by atoms with E-state index in [-0.39, 0.29) is 0 Å². The molecule has 2 amide bonds. The predicted molar refractivity (Wildman–Crippen MR) is 67.3 cm³/mol. The molecule has 7 heteroatoms. The van der Waals surface area contributed by atoms with Gasteiger partial charge in [0, 0.05) is 5.02 Å². The van der Waals surface area contributed by atoms with E-state index in [2.05, 4.69) is 10.6 Å². The van der Waals surface area contributed by atoms with E-state index in [9.17, 15) is 9.59 Å². The number of benzene rings is 1. The molecule has 0 saturated carbocycles. The highest BCUT2D eigenvalue weighted by atomic mass is 35.5. The van der Waals surface area contributed by atoms with E-state index < -0.39 is 18.0 Å². The van der Waals surface area contributed by atoms with Crippen molar-refractivity contribution in [2.24, 2.45) is 0 Å². The molecule has 0 aromatic heterocycles. The van der Waals surface area contributed by atoms with Crippen LogP contribution in [0, 0.1) is 0 Å². The molecular weight excluding hydrogens is 260 g/mol. The van der Waals surface area contributed by atoms with Crippen LogP contribution in [-0.4, -0.2) is 30.3 Å². The number of halogens is 1. The van der Waals surface area contributed by atoms with Crippen molar-refractivity contribution in [3.05, 3.63) is 23.2 Å². The van der Waals surface area contributed by atoms with E-state index in [1.165, 1.54) is 20.1 Å². The first kappa shape index (κ1) is 14.1. The van der Waals surface area contributed by atoms with Gasteiger partial charge in [0.15, 0.2) is 0 Å². The van der Waals surface area contributed by atoms with Gasteiger partial charge in [0.25, 0.3) is 0 Å². The Hall–Kier alpha value is -1.95. The van der Waals surface area contributed by atoms with Crippen LogP contribution in [-0.2, 0) is 4.79 Å². The maximum absolute atomic E-state index is 11.5. The molecule has 98 valence electrons. The van der Waals surface area contributed by atoms with Crippen LogP contribution in [0.1, 0.15) is 6.92 Å². The first-order chi connectivity index (χ1) is 8.43. The average molecular weight is 273 g/mol. The summed E-state index contributed by atoms with van der Waals surface area (Å²) >= 11 is 5.79. The molecule has 0 radical (unpaired) electrons. The highest BCUT2D eigenvalue weighted by Crippen LogP contribution is 2.27. The van der Waals surface area contributed by atoms with Crippen molar-refractivity contribution in [1.29, 1.82) is 0 Å². The number of carboxylic acids is 1. The van der Waals surface area contributed by atoms with Gasteiger partial charge in [-0.05, 0) is 25.1 Å². The second kappa shape index (κ2) is 6.11. The molecule has 1 aromatic rings. The van der Waals surface area contributed by atoms with Crippen molar-refractivity contribution in [1.82, 2.24) is 5.32 Å². The SMILES string of the molecule is COc1ccc(Cl)cc1NC(=O)N[C@@H](C)C(=O)O. The zero-order valence-corrected chi connectivity index (χ0v) is 10.6. The molecule has 1 rings (SSSR count). The Labute approximate surface area is 109 Å². The number of methoxy groups -OCH3 is 1. The van der Waals surface area contributed by atoms with Crippen LogP contribution in [0.4, 0.5) is 10.5 Å². The third kappa shape index (κ3) is 3.81. The van der Waals surface area contributed by atoms with Crippen molar-refractivity contribution in [2.75, 3.05) is 12.4 Å². The van der Waals surface area contributed by atoms with Gasteiger partial charge >= 0.3 is 12.0 Å². The Morgan fingerprint density at radius 2 is 2.11 bits per heavy atom. The number of carbonyl (C=O) groups is 2. The molecule has 18 heavy (non-hydrogen) atoms. The fourth-order valence-electron chi connectivity index (χ4n) is 1.19. The van der Waals surface area contributed by atoms with Crippen molar-refractivity contribution >= 4 is 29.3 Å². The highest BCUT2D eigenvalue weighted by Gasteiger charge is 2.15. The number of aliphatic carboxylic acids is 1. The van der Waals surface area contributed by atoms with Gasteiger partial charge in [-0.2, -0.15) is 0 Å². The summed E-state index contributed by atoms with van der Waals surface area (Å²) in [6.45, 7) is 1.36. The second-order valence-electron chi connectivity index (χ2n) is 3.50. The summed E-state index contributed by atoms with van der Waals surface area (Å²) in [5.74, 6) is -0.694. The summed E-state index contributed by atoms with van der Waals surface area (Å²) < 4.78 is 5.04. The standard InChI is InChI=1S/C11H13ClN2O4/c1-6(10(15)16)13-11(17)14-8-5-7(12)3-4-9(8)18-2/h3-6H,1-2H3,(H,15,16)(H2,13,14,17)/t6-/m0/s1. The lowest BCUT2D eigenvalue weighted by Gasteiger charge is -2.13. The van der Waals surface area contributed by atoms with E-state index in [4.69, 9.17) is 21.4 Å². The highest BCUT2D eigenvalue weighted by molar-refractivity contribution is 6.31. The lowest BCUT2D eigenvalue weighted by Crippen LogP contribution is -2.40. The molecule has 0 aliphatic heterocycles. The third-order valence-electron chi connectivity index (χ3n) is 2.13. The summed E-state index contributed by atoms with van der Waals surface area (Å²) in [5, 5.41) is 13.8. The number of anilines is 1. The van der Waals surface area contributed by atoms with Crippen LogP contribution < -0.4 is 15.4 Å². The molecule has 3 N–H and O–H groups in total. The van der Waals surface area contributed by atoms with Crippen LogP contribution in [0.25, 0.3) is 0 Å². The number of hydrogen-bond acceptors (Lipinski definition) is 3. The lowest BCUT2D eigenvalue weighted by molar-refractivity contribution is -0.138. The largest absolute Gasteiger partial charge is 0.495 e. The monoisotopic (exact) mass is 272 g/mol. The van der Waals surface area contributed by atoms with Crippen molar-refractivity contribution in [3.8, 4) is 5.75 Å². The molecule has 0 aliphatic rings. The number of carboxylic acid groups (broad SMARTS) is 1. The molecule has 0 unspecified atom stereocenters. The molecule has 0 fully saturated rings. The first-order valence-electron chi connectivity index (χ1n) is 5.08. The minimum Gasteiger partial charge on any atom is -0.495 e. The zero-order chi connectivity index (χ0) is 13.7. The van der Waals surface area contributed by atoms with Crippen LogP contribution in [0.5, 0.6) is 5.75 Å². The van der Waals surface area contributed by atoms with Crippen LogP contribution >= 0.6 is 11.6 Å². The smallest absolute Gasteiger partial charge is 0.325 e. The number of ether oxygens (including phenoxy) is 1. The fraction of sp³-hybridized carbons (Fsp3) is 0.273. The van der Waals surface area contributed by atoms with Crippen molar-refractivity contribution in [3.63, 3.8) is 0 Å². The van der Waals surface area contributed by atoms with E-state index in [1.54, 1.807) is 12.1 Å².